The van der Waals surface area contributed by atoms with E-state index in [1.54, 1.807) is 7.11 Å². The molecule has 1 amide bonds. The summed E-state index contributed by atoms with van der Waals surface area (Å²) in [6.45, 7) is 5.99. The Labute approximate surface area is 215 Å². The number of methoxy groups -OCH3 is 1. The largest absolute Gasteiger partial charge is 0.497 e. The van der Waals surface area contributed by atoms with E-state index >= 15 is 0 Å². The predicted molar refractivity (Wildman–Crippen MR) is 144 cm³/mol. The van der Waals surface area contributed by atoms with Crippen LogP contribution in [-0.2, 0) is 0 Å². The number of para-hydroxylation sites is 1. The van der Waals surface area contributed by atoms with Crippen molar-refractivity contribution in [3.63, 3.8) is 0 Å². The van der Waals surface area contributed by atoms with Gasteiger partial charge in [-0.05, 0) is 50.2 Å². The maximum atomic E-state index is 13.3. The van der Waals surface area contributed by atoms with Crippen molar-refractivity contribution in [1.29, 1.82) is 0 Å². The minimum absolute atomic E-state index is 0.00170. The van der Waals surface area contributed by atoms with E-state index in [1.807, 2.05) is 89.0 Å². The number of carbonyl (C=O) groups is 1. The molecule has 1 aliphatic heterocycles. The molecule has 3 heterocycles. The highest BCUT2D eigenvalue weighted by Gasteiger charge is 2.31. The maximum Gasteiger partial charge on any atom is 0.254 e. The zero-order valence-corrected chi connectivity index (χ0v) is 21.1. The molecule has 1 aliphatic rings. The number of anilines is 1. The first-order valence-corrected chi connectivity index (χ1v) is 12.4. The zero-order valence-electron chi connectivity index (χ0n) is 21.1. The van der Waals surface area contributed by atoms with Crippen molar-refractivity contribution in [2.75, 3.05) is 31.6 Å². The molecular weight excluding hydrogens is 464 g/mol. The van der Waals surface area contributed by atoms with E-state index in [2.05, 4.69) is 22.0 Å². The highest BCUT2D eigenvalue weighted by atomic mass is 16.5. The zero-order chi connectivity index (χ0) is 25.5. The molecule has 2 aromatic heterocycles. The van der Waals surface area contributed by atoms with Crippen molar-refractivity contribution >= 4 is 28.4 Å². The van der Waals surface area contributed by atoms with Crippen LogP contribution in [0.3, 0.4) is 0 Å². The van der Waals surface area contributed by atoms with Crippen molar-refractivity contribution in [2.45, 2.75) is 19.9 Å². The number of hydrogen-bond donors (Lipinski definition) is 0. The molecule has 37 heavy (non-hydrogen) atoms. The van der Waals surface area contributed by atoms with Gasteiger partial charge in [0, 0.05) is 42.2 Å². The Kier molecular flexibility index (Phi) is 5.71. The molecule has 0 spiro atoms. The van der Waals surface area contributed by atoms with Gasteiger partial charge >= 0.3 is 0 Å². The third-order valence-corrected chi connectivity index (χ3v) is 6.99. The van der Waals surface area contributed by atoms with Gasteiger partial charge in [-0.15, -0.1) is 10.2 Å². The quantitative estimate of drug-likeness (QED) is 0.365. The second-order valence-corrected chi connectivity index (χ2v) is 9.51. The number of hydrogen-bond acceptors (Lipinski definition) is 6. The Hall–Kier alpha value is -4.46. The SMILES string of the molecule is COc1cccc(-c2nnc3c4ccccc4nc(N4CCN(C(=O)c5cccc(C)c5)[C@@H](C)C4)n23)c1. The van der Waals surface area contributed by atoms with Gasteiger partial charge in [0.05, 0.1) is 12.6 Å². The normalized spacial score (nSPS) is 15.9. The van der Waals surface area contributed by atoms with Gasteiger partial charge in [0.2, 0.25) is 5.95 Å². The molecule has 1 fully saturated rings. The number of benzene rings is 3. The molecule has 8 heteroatoms. The highest BCUT2D eigenvalue weighted by Crippen LogP contribution is 2.31. The van der Waals surface area contributed by atoms with E-state index in [1.165, 1.54) is 0 Å². The Bertz CT molecular complexity index is 1630. The Morgan fingerprint density at radius 3 is 2.62 bits per heavy atom. The fraction of sp³-hybridized carbons (Fsp3) is 0.241. The summed E-state index contributed by atoms with van der Waals surface area (Å²) < 4.78 is 7.48. The molecule has 0 N–H and O–H groups in total. The molecule has 8 nitrogen and oxygen atoms in total. The van der Waals surface area contributed by atoms with Crippen molar-refractivity contribution in [2.24, 2.45) is 0 Å². The molecular formula is C29H28N6O2. The van der Waals surface area contributed by atoms with Crippen molar-refractivity contribution in [1.82, 2.24) is 24.5 Å². The number of carbonyl (C=O) groups excluding carboxylic acids is 1. The van der Waals surface area contributed by atoms with Crippen LogP contribution in [0.15, 0.2) is 72.8 Å². The van der Waals surface area contributed by atoms with Gasteiger partial charge < -0.3 is 14.5 Å². The lowest BCUT2D eigenvalue weighted by molar-refractivity contribution is 0.0673. The lowest BCUT2D eigenvalue weighted by Crippen LogP contribution is -2.54. The average Bonchev–Trinajstić information content (AvgIpc) is 3.38. The molecule has 0 aliphatic carbocycles. The monoisotopic (exact) mass is 492 g/mol. The second-order valence-electron chi connectivity index (χ2n) is 9.51. The number of amides is 1. The van der Waals surface area contributed by atoms with Crippen LogP contribution in [0.2, 0.25) is 0 Å². The van der Waals surface area contributed by atoms with Crippen LogP contribution in [-0.4, -0.2) is 63.2 Å². The first-order valence-electron chi connectivity index (χ1n) is 12.4. The van der Waals surface area contributed by atoms with Crippen LogP contribution in [0.25, 0.3) is 27.9 Å². The molecule has 0 unspecified atom stereocenters. The summed E-state index contributed by atoms with van der Waals surface area (Å²) in [7, 11) is 1.65. The Morgan fingerprint density at radius 1 is 0.973 bits per heavy atom. The first-order chi connectivity index (χ1) is 18.0. The molecule has 0 bridgehead atoms. The van der Waals surface area contributed by atoms with Crippen LogP contribution in [0.5, 0.6) is 5.75 Å². The van der Waals surface area contributed by atoms with Crippen LogP contribution in [0, 0.1) is 6.92 Å². The van der Waals surface area contributed by atoms with Gasteiger partial charge in [-0.3, -0.25) is 4.79 Å². The molecule has 1 atom stereocenters. The van der Waals surface area contributed by atoms with E-state index in [-0.39, 0.29) is 11.9 Å². The first kappa shape index (κ1) is 23.0. The standard InChI is InChI=1S/C29H28N6O2/c1-19-8-6-10-22(16-19)28(36)34-15-14-33(18-20(34)2)29-30-25-13-5-4-12-24(25)27-32-31-26(35(27)29)21-9-7-11-23(17-21)37-3/h4-13,16-17,20H,14-15,18H2,1-3H3/t20-/m0/s1. The van der Waals surface area contributed by atoms with Crippen molar-refractivity contribution in [3.8, 4) is 17.1 Å². The van der Waals surface area contributed by atoms with Gasteiger partial charge in [0.15, 0.2) is 11.5 Å². The molecule has 186 valence electrons. The van der Waals surface area contributed by atoms with Crippen LogP contribution in [0.1, 0.15) is 22.8 Å². The molecule has 0 radical (unpaired) electrons. The summed E-state index contributed by atoms with van der Waals surface area (Å²) >= 11 is 0. The van der Waals surface area contributed by atoms with E-state index in [0.717, 1.165) is 44.9 Å². The average molecular weight is 493 g/mol. The lowest BCUT2D eigenvalue weighted by Gasteiger charge is -2.40. The topological polar surface area (TPSA) is 75.9 Å². The molecule has 1 saturated heterocycles. The third kappa shape index (κ3) is 4.04. The van der Waals surface area contributed by atoms with Gasteiger partial charge in [-0.1, -0.05) is 42.0 Å². The third-order valence-electron chi connectivity index (χ3n) is 6.99. The van der Waals surface area contributed by atoms with Crippen LogP contribution < -0.4 is 9.64 Å². The Balaban J connectivity index is 1.41. The number of fused-ring (bicyclic) bond motifs is 3. The fourth-order valence-corrected chi connectivity index (χ4v) is 5.11. The fourth-order valence-electron chi connectivity index (χ4n) is 5.11. The van der Waals surface area contributed by atoms with Gasteiger partial charge in [-0.25, -0.2) is 9.38 Å². The number of aromatic nitrogens is 4. The summed E-state index contributed by atoms with van der Waals surface area (Å²) in [6, 6.07) is 23.6. The van der Waals surface area contributed by atoms with Crippen LogP contribution >= 0.6 is 0 Å². The summed E-state index contributed by atoms with van der Waals surface area (Å²) in [5, 5.41) is 10.1. The van der Waals surface area contributed by atoms with E-state index in [4.69, 9.17) is 9.72 Å². The van der Waals surface area contributed by atoms with Gasteiger partial charge in [0.1, 0.15) is 5.75 Å². The summed E-state index contributed by atoms with van der Waals surface area (Å²) in [5.41, 5.74) is 4.32. The van der Waals surface area contributed by atoms with E-state index in [0.29, 0.717) is 25.5 Å². The molecule has 3 aromatic carbocycles. The number of aryl methyl sites for hydroxylation is 1. The smallest absolute Gasteiger partial charge is 0.254 e. The van der Waals surface area contributed by atoms with E-state index < -0.39 is 0 Å². The predicted octanol–water partition coefficient (Wildman–Crippen LogP) is 4.61. The number of rotatable bonds is 4. The minimum atomic E-state index is 0.00170. The van der Waals surface area contributed by atoms with Crippen molar-refractivity contribution in [3.05, 3.63) is 83.9 Å². The van der Waals surface area contributed by atoms with Crippen molar-refractivity contribution < 1.29 is 9.53 Å². The number of nitrogens with zero attached hydrogens (tertiary/aromatic N) is 6. The maximum absolute atomic E-state index is 13.3. The molecule has 5 aromatic rings. The summed E-state index contributed by atoms with van der Waals surface area (Å²) in [6.07, 6.45) is 0. The van der Waals surface area contributed by atoms with Gasteiger partial charge in [0.25, 0.3) is 5.91 Å². The number of piperazine rings is 1. The lowest BCUT2D eigenvalue weighted by atomic mass is 10.1. The van der Waals surface area contributed by atoms with Crippen LogP contribution in [0.4, 0.5) is 5.95 Å². The second kappa shape index (κ2) is 9.20. The Morgan fingerprint density at radius 2 is 1.81 bits per heavy atom. The van der Waals surface area contributed by atoms with Gasteiger partial charge in [-0.2, -0.15) is 0 Å². The summed E-state index contributed by atoms with van der Waals surface area (Å²) in [4.78, 5) is 22.6. The number of ether oxygens (including phenoxy) is 1. The summed E-state index contributed by atoms with van der Waals surface area (Å²) in [5.74, 6) is 2.29. The van der Waals surface area contributed by atoms with E-state index in [9.17, 15) is 4.79 Å². The molecule has 0 saturated carbocycles. The highest BCUT2D eigenvalue weighted by molar-refractivity contribution is 5.95. The molecule has 6 rings (SSSR count). The minimum Gasteiger partial charge on any atom is -0.497 e.